The number of ether oxygens (including phenoxy) is 1. The van der Waals surface area contributed by atoms with Crippen LogP contribution in [0.3, 0.4) is 0 Å². The number of rotatable bonds is 6. The molecule has 0 fully saturated rings. The molecule has 1 N–H and O–H groups in total. The first-order valence-electron chi connectivity index (χ1n) is 8.12. The van der Waals surface area contributed by atoms with E-state index >= 15 is 0 Å². The molecule has 0 aliphatic carbocycles. The number of carbonyl (C=O) groups excluding carboxylic acids is 2. The molecular weight excluding hydrogens is 395 g/mol. The quantitative estimate of drug-likeness (QED) is 0.579. The molecule has 29 heavy (non-hydrogen) atoms. The molecule has 2 rings (SSSR count). The summed E-state index contributed by atoms with van der Waals surface area (Å²) in [5.41, 5.74) is 0.433. The summed E-state index contributed by atoms with van der Waals surface area (Å²) in [4.78, 5) is 35.9. The van der Waals surface area contributed by atoms with E-state index in [1.165, 1.54) is 38.2 Å². The molecule has 0 radical (unpaired) electrons. The molecule has 0 aromatic heterocycles. The van der Waals surface area contributed by atoms with Gasteiger partial charge in [-0.1, -0.05) is 6.07 Å². The summed E-state index contributed by atoms with van der Waals surface area (Å²) in [5, 5.41) is 13.4. The Balaban J connectivity index is 1.99. The monoisotopic (exact) mass is 411 g/mol. The van der Waals surface area contributed by atoms with Gasteiger partial charge in [0.25, 0.3) is 11.6 Å². The zero-order chi connectivity index (χ0) is 21.8. The number of hydrogen-bond acceptors (Lipinski definition) is 5. The number of alkyl halides is 3. The van der Waals surface area contributed by atoms with Gasteiger partial charge in [-0.2, -0.15) is 0 Å². The molecule has 0 spiro atoms. The maximum absolute atomic E-state index is 12.4. The highest BCUT2D eigenvalue weighted by atomic mass is 19.4. The van der Waals surface area contributed by atoms with Crippen LogP contribution in [0.2, 0.25) is 0 Å². The average Bonchev–Trinajstić information content (AvgIpc) is 2.61. The number of amides is 2. The van der Waals surface area contributed by atoms with Gasteiger partial charge in [0.1, 0.15) is 5.75 Å². The highest BCUT2D eigenvalue weighted by molar-refractivity contribution is 5.99. The number of likely N-dealkylation sites (N-methyl/N-ethyl adjacent to an activating group) is 1. The molecule has 0 aliphatic rings. The lowest BCUT2D eigenvalue weighted by Gasteiger charge is -2.17. The van der Waals surface area contributed by atoms with Crippen molar-refractivity contribution in [1.82, 2.24) is 4.90 Å². The van der Waals surface area contributed by atoms with Crippen molar-refractivity contribution in [3.63, 3.8) is 0 Å². The van der Waals surface area contributed by atoms with E-state index in [0.29, 0.717) is 5.56 Å². The standard InChI is InChI=1S/C18H16F3N3O5/c1-11-3-4-12(9-15(11)24(27)28)17(26)23(2)10-16(25)22-13-5-7-14(8-6-13)29-18(19,20)21/h3-9H,10H2,1-2H3,(H,22,25). The van der Waals surface area contributed by atoms with Gasteiger partial charge in [-0.15, -0.1) is 13.2 Å². The summed E-state index contributed by atoms with van der Waals surface area (Å²) in [5.74, 6) is -1.65. The van der Waals surface area contributed by atoms with Crippen LogP contribution in [0, 0.1) is 17.0 Å². The normalized spacial score (nSPS) is 10.9. The second-order valence-corrected chi connectivity index (χ2v) is 6.04. The Morgan fingerprint density at radius 3 is 2.34 bits per heavy atom. The molecule has 0 heterocycles. The number of nitrogens with zero attached hydrogens (tertiary/aromatic N) is 2. The van der Waals surface area contributed by atoms with Crippen LogP contribution in [0.5, 0.6) is 5.75 Å². The van der Waals surface area contributed by atoms with Crippen LogP contribution in [0.25, 0.3) is 0 Å². The number of benzene rings is 2. The number of carbonyl (C=O) groups is 2. The molecule has 11 heteroatoms. The first kappa shape index (κ1) is 21.7. The van der Waals surface area contributed by atoms with Crippen LogP contribution in [0.4, 0.5) is 24.5 Å². The van der Waals surface area contributed by atoms with E-state index < -0.39 is 28.8 Å². The topological polar surface area (TPSA) is 102 Å². The smallest absolute Gasteiger partial charge is 0.406 e. The van der Waals surface area contributed by atoms with Gasteiger partial charge in [0, 0.05) is 29.9 Å². The fourth-order valence-electron chi connectivity index (χ4n) is 2.39. The summed E-state index contributed by atoms with van der Waals surface area (Å²) in [6, 6.07) is 8.47. The average molecular weight is 411 g/mol. The van der Waals surface area contributed by atoms with Crippen molar-refractivity contribution in [3.8, 4) is 5.75 Å². The summed E-state index contributed by atoms with van der Waals surface area (Å²) < 4.78 is 40.1. The fourth-order valence-corrected chi connectivity index (χ4v) is 2.39. The first-order chi connectivity index (χ1) is 13.5. The molecule has 0 unspecified atom stereocenters. The predicted molar refractivity (Wildman–Crippen MR) is 96.5 cm³/mol. The maximum atomic E-state index is 12.4. The molecule has 154 valence electrons. The van der Waals surface area contributed by atoms with Gasteiger partial charge in [0.2, 0.25) is 5.91 Å². The highest BCUT2D eigenvalue weighted by Gasteiger charge is 2.31. The Bertz CT molecular complexity index is 929. The van der Waals surface area contributed by atoms with Gasteiger partial charge >= 0.3 is 6.36 Å². The van der Waals surface area contributed by atoms with Crippen molar-refractivity contribution in [2.24, 2.45) is 0 Å². The van der Waals surface area contributed by atoms with Crippen molar-refractivity contribution in [2.45, 2.75) is 13.3 Å². The van der Waals surface area contributed by atoms with Crippen molar-refractivity contribution >= 4 is 23.2 Å². The number of anilines is 1. The molecule has 0 saturated heterocycles. The van der Waals surface area contributed by atoms with Crippen molar-refractivity contribution in [3.05, 3.63) is 63.7 Å². The Kier molecular flexibility index (Phi) is 6.42. The van der Waals surface area contributed by atoms with Gasteiger partial charge < -0.3 is 15.0 Å². The number of nitrogens with one attached hydrogen (secondary N) is 1. The third kappa shape index (κ3) is 6.19. The van der Waals surface area contributed by atoms with E-state index in [-0.39, 0.29) is 23.5 Å². The first-order valence-corrected chi connectivity index (χ1v) is 8.12. The third-order valence-electron chi connectivity index (χ3n) is 3.75. The molecule has 0 bridgehead atoms. The molecule has 2 amide bonds. The van der Waals surface area contributed by atoms with Gasteiger partial charge in [-0.3, -0.25) is 19.7 Å². The zero-order valence-electron chi connectivity index (χ0n) is 15.3. The van der Waals surface area contributed by atoms with Gasteiger partial charge in [-0.05, 0) is 37.3 Å². The molecule has 2 aromatic carbocycles. The van der Waals surface area contributed by atoms with Crippen molar-refractivity contribution in [1.29, 1.82) is 0 Å². The van der Waals surface area contributed by atoms with E-state index in [4.69, 9.17) is 0 Å². The minimum Gasteiger partial charge on any atom is -0.406 e. The number of nitro benzene ring substituents is 1. The van der Waals surface area contributed by atoms with Crippen LogP contribution in [-0.4, -0.2) is 41.6 Å². The van der Waals surface area contributed by atoms with E-state index in [9.17, 15) is 32.9 Å². The van der Waals surface area contributed by atoms with E-state index in [2.05, 4.69) is 10.1 Å². The number of hydrogen-bond donors (Lipinski definition) is 1. The van der Waals surface area contributed by atoms with Crippen LogP contribution < -0.4 is 10.1 Å². The lowest BCUT2D eigenvalue weighted by Crippen LogP contribution is -2.35. The van der Waals surface area contributed by atoms with Crippen molar-refractivity contribution in [2.75, 3.05) is 18.9 Å². The third-order valence-corrected chi connectivity index (χ3v) is 3.75. The Hall–Kier alpha value is -3.63. The van der Waals surface area contributed by atoms with Crippen LogP contribution in [0.15, 0.2) is 42.5 Å². The largest absolute Gasteiger partial charge is 0.573 e. The molecular formula is C18H16F3N3O5. The second-order valence-electron chi connectivity index (χ2n) is 6.04. The van der Waals surface area contributed by atoms with Crippen LogP contribution in [-0.2, 0) is 4.79 Å². The van der Waals surface area contributed by atoms with Crippen LogP contribution in [0.1, 0.15) is 15.9 Å². The SMILES string of the molecule is Cc1ccc(C(=O)N(C)CC(=O)Nc2ccc(OC(F)(F)F)cc2)cc1[N+](=O)[O-]. The summed E-state index contributed by atoms with van der Waals surface area (Å²) in [6.07, 6.45) is -4.82. The summed E-state index contributed by atoms with van der Waals surface area (Å²) in [6.45, 7) is 1.16. The Morgan fingerprint density at radius 2 is 1.79 bits per heavy atom. The van der Waals surface area contributed by atoms with E-state index in [0.717, 1.165) is 23.1 Å². The second kappa shape index (κ2) is 8.59. The molecule has 0 atom stereocenters. The predicted octanol–water partition coefficient (Wildman–Crippen LogP) is 3.51. The fraction of sp³-hybridized carbons (Fsp3) is 0.222. The highest BCUT2D eigenvalue weighted by Crippen LogP contribution is 2.24. The van der Waals surface area contributed by atoms with Gasteiger partial charge in [0.05, 0.1) is 11.5 Å². The van der Waals surface area contributed by atoms with Gasteiger partial charge in [-0.25, -0.2) is 0 Å². The van der Waals surface area contributed by atoms with Gasteiger partial charge in [0.15, 0.2) is 0 Å². The minimum absolute atomic E-state index is 0.0475. The molecule has 0 saturated carbocycles. The summed E-state index contributed by atoms with van der Waals surface area (Å²) >= 11 is 0. The van der Waals surface area contributed by atoms with E-state index in [1.807, 2.05) is 0 Å². The Morgan fingerprint density at radius 1 is 1.17 bits per heavy atom. The lowest BCUT2D eigenvalue weighted by molar-refractivity contribution is -0.385. The minimum atomic E-state index is -4.82. The zero-order valence-corrected chi connectivity index (χ0v) is 15.3. The molecule has 2 aromatic rings. The number of aryl methyl sites for hydroxylation is 1. The van der Waals surface area contributed by atoms with Crippen LogP contribution >= 0.6 is 0 Å². The molecule has 0 aliphatic heterocycles. The Labute approximate surface area is 163 Å². The number of halogens is 3. The molecule has 8 nitrogen and oxygen atoms in total. The lowest BCUT2D eigenvalue weighted by atomic mass is 10.1. The summed E-state index contributed by atoms with van der Waals surface area (Å²) in [7, 11) is 1.34. The number of nitro groups is 1. The maximum Gasteiger partial charge on any atom is 0.573 e. The van der Waals surface area contributed by atoms with Crippen molar-refractivity contribution < 1.29 is 32.4 Å². The van der Waals surface area contributed by atoms with E-state index in [1.54, 1.807) is 0 Å².